The number of piperidine rings is 1. The number of nitrogens with zero attached hydrogens (tertiary/aromatic N) is 4. The van der Waals surface area contributed by atoms with Gasteiger partial charge in [-0.2, -0.15) is 5.10 Å². The Labute approximate surface area is 207 Å². The maximum absolute atomic E-state index is 13.7. The number of carbonyl (C=O) groups excluding carboxylic acids is 2. The van der Waals surface area contributed by atoms with Crippen molar-refractivity contribution >= 4 is 34.2 Å². The lowest BCUT2D eigenvalue weighted by molar-refractivity contribution is 0.0697. The van der Waals surface area contributed by atoms with E-state index >= 15 is 0 Å². The summed E-state index contributed by atoms with van der Waals surface area (Å²) in [6, 6.07) is 9.60. The average Bonchev–Trinajstić information content (AvgIpc) is 3.58. The molecule has 35 heavy (non-hydrogen) atoms. The molecule has 9 heteroatoms. The summed E-state index contributed by atoms with van der Waals surface area (Å²) in [6.07, 6.45) is 3.12. The van der Waals surface area contributed by atoms with Crippen LogP contribution in [0.15, 0.2) is 40.9 Å². The van der Waals surface area contributed by atoms with Gasteiger partial charge in [-0.25, -0.2) is 9.67 Å². The van der Waals surface area contributed by atoms with Gasteiger partial charge >= 0.3 is 0 Å². The van der Waals surface area contributed by atoms with Crippen LogP contribution in [0.5, 0.6) is 0 Å². The first-order valence-corrected chi connectivity index (χ1v) is 12.7. The monoisotopic (exact) mass is 491 g/mol. The Kier molecular flexibility index (Phi) is 6.19. The van der Waals surface area contributed by atoms with E-state index in [0.29, 0.717) is 43.0 Å². The molecule has 1 aliphatic heterocycles. The lowest BCUT2D eigenvalue weighted by atomic mass is 10.0. The number of carbonyl (C=O) groups is 2. The summed E-state index contributed by atoms with van der Waals surface area (Å²) in [5, 5.41) is 8.33. The van der Waals surface area contributed by atoms with Crippen LogP contribution in [0.1, 0.15) is 64.3 Å². The molecule has 1 aliphatic rings. The van der Waals surface area contributed by atoms with Crippen molar-refractivity contribution in [1.82, 2.24) is 25.0 Å². The SMILES string of the molecule is Cc1ccc(C(=O)NC2CCN(C(=O)c3cc(-c4ccc(C)s4)nc4c3cnn4C(C)C)CC2)o1. The molecule has 0 aliphatic carbocycles. The zero-order chi connectivity index (χ0) is 24.7. The number of rotatable bonds is 5. The molecular weight excluding hydrogens is 462 g/mol. The van der Waals surface area contributed by atoms with Crippen molar-refractivity contribution in [3.8, 4) is 10.6 Å². The van der Waals surface area contributed by atoms with Gasteiger partial charge in [0.15, 0.2) is 11.4 Å². The topological polar surface area (TPSA) is 93.3 Å². The molecule has 0 bridgehead atoms. The predicted molar refractivity (Wildman–Crippen MR) is 136 cm³/mol. The summed E-state index contributed by atoms with van der Waals surface area (Å²) in [5.41, 5.74) is 2.14. The molecular formula is C26H29N5O3S. The number of nitrogens with one attached hydrogen (secondary N) is 1. The van der Waals surface area contributed by atoms with Crippen LogP contribution in [0.4, 0.5) is 0 Å². The number of hydrogen-bond donors (Lipinski definition) is 1. The third kappa shape index (κ3) is 4.60. The number of aromatic nitrogens is 3. The molecule has 5 rings (SSSR count). The van der Waals surface area contributed by atoms with Gasteiger partial charge in [0.05, 0.1) is 27.7 Å². The minimum Gasteiger partial charge on any atom is -0.456 e. The molecule has 4 aromatic rings. The Morgan fingerprint density at radius 2 is 1.91 bits per heavy atom. The van der Waals surface area contributed by atoms with E-state index in [-0.39, 0.29) is 23.9 Å². The molecule has 0 aromatic carbocycles. The number of thiophene rings is 1. The summed E-state index contributed by atoms with van der Waals surface area (Å²) in [7, 11) is 0. The van der Waals surface area contributed by atoms with Crippen LogP contribution in [0.25, 0.3) is 21.6 Å². The van der Waals surface area contributed by atoms with E-state index in [1.165, 1.54) is 4.88 Å². The van der Waals surface area contributed by atoms with Gasteiger partial charge in [-0.3, -0.25) is 9.59 Å². The molecule has 4 aromatic heterocycles. The van der Waals surface area contributed by atoms with Crippen molar-refractivity contribution in [1.29, 1.82) is 0 Å². The van der Waals surface area contributed by atoms with E-state index in [0.717, 1.165) is 21.6 Å². The number of furan rings is 1. The highest BCUT2D eigenvalue weighted by molar-refractivity contribution is 7.15. The van der Waals surface area contributed by atoms with Crippen LogP contribution in [-0.4, -0.2) is 50.6 Å². The maximum Gasteiger partial charge on any atom is 0.287 e. The Bertz CT molecular complexity index is 1390. The molecule has 0 unspecified atom stereocenters. The number of hydrogen-bond acceptors (Lipinski definition) is 6. The Morgan fingerprint density at radius 3 is 2.54 bits per heavy atom. The Balaban J connectivity index is 1.37. The molecule has 1 N–H and O–H groups in total. The highest BCUT2D eigenvalue weighted by atomic mass is 32.1. The van der Waals surface area contributed by atoms with E-state index in [1.54, 1.807) is 29.7 Å². The highest BCUT2D eigenvalue weighted by Gasteiger charge is 2.28. The van der Waals surface area contributed by atoms with Gasteiger partial charge in [0.1, 0.15) is 5.76 Å². The molecule has 0 atom stereocenters. The second-order valence-corrected chi connectivity index (χ2v) is 10.6. The normalized spacial score (nSPS) is 14.7. The molecule has 1 fully saturated rings. The average molecular weight is 492 g/mol. The van der Waals surface area contributed by atoms with Crippen molar-refractivity contribution in [3.63, 3.8) is 0 Å². The van der Waals surface area contributed by atoms with Crippen molar-refractivity contribution in [2.45, 2.75) is 52.6 Å². The van der Waals surface area contributed by atoms with Crippen molar-refractivity contribution in [2.24, 2.45) is 0 Å². The molecule has 0 spiro atoms. The Hall–Kier alpha value is -3.46. The van der Waals surface area contributed by atoms with Crippen molar-refractivity contribution in [2.75, 3.05) is 13.1 Å². The lowest BCUT2D eigenvalue weighted by Gasteiger charge is -2.32. The number of aryl methyl sites for hydroxylation is 2. The van der Waals surface area contributed by atoms with Crippen LogP contribution in [-0.2, 0) is 0 Å². The summed E-state index contributed by atoms with van der Waals surface area (Å²) in [5.74, 6) is 0.785. The standard InChI is InChI=1S/C26H29N5O3S/c1-15(2)31-24-20(14-27-31)19(13-21(29-24)23-8-6-17(4)35-23)26(33)30-11-9-18(10-12-30)28-25(32)22-7-5-16(3)34-22/h5-8,13-15,18H,9-12H2,1-4H3,(H,28,32). The summed E-state index contributed by atoms with van der Waals surface area (Å²) >= 11 is 1.66. The molecule has 182 valence electrons. The lowest BCUT2D eigenvalue weighted by Crippen LogP contribution is -2.46. The zero-order valence-corrected chi connectivity index (χ0v) is 21.2. The number of pyridine rings is 1. The van der Waals surface area contributed by atoms with Crippen LogP contribution in [0.2, 0.25) is 0 Å². The first-order valence-electron chi connectivity index (χ1n) is 11.9. The molecule has 0 radical (unpaired) electrons. The first kappa shape index (κ1) is 23.3. The van der Waals surface area contributed by atoms with Gasteiger partial charge in [0, 0.05) is 30.1 Å². The van der Waals surface area contributed by atoms with E-state index in [1.807, 2.05) is 28.6 Å². The molecule has 2 amide bonds. The molecule has 0 saturated carbocycles. The third-order valence-corrected chi connectivity index (χ3v) is 7.38. The van der Waals surface area contributed by atoms with E-state index < -0.39 is 0 Å². The minimum atomic E-state index is -0.212. The predicted octanol–water partition coefficient (Wildman–Crippen LogP) is 4.99. The minimum absolute atomic E-state index is 0.00256. The highest BCUT2D eigenvalue weighted by Crippen LogP contribution is 2.31. The summed E-state index contributed by atoms with van der Waals surface area (Å²) < 4.78 is 7.29. The van der Waals surface area contributed by atoms with Gasteiger partial charge in [-0.15, -0.1) is 11.3 Å². The Morgan fingerprint density at radius 1 is 1.14 bits per heavy atom. The molecule has 8 nitrogen and oxygen atoms in total. The van der Waals surface area contributed by atoms with Gasteiger partial charge in [-0.1, -0.05) is 0 Å². The van der Waals surface area contributed by atoms with Crippen LogP contribution < -0.4 is 5.32 Å². The van der Waals surface area contributed by atoms with Crippen LogP contribution in [0, 0.1) is 13.8 Å². The zero-order valence-electron chi connectivity index (χ0n) is 20.4. The number of fused-ring (bicyclic) bond motifs is 1. The van der Waals surface area contributed by atoms with Gasteiger partial charge < -0.3 is 14.6 Å². The van der Waals surface area contributed by atoms with Crippen LogP contribution in [0.3, 0.4) is 0 Å². The third-order valence-electron chi connectivity index (χ3n) is 6.36. The second-order valence-electron chi connectivity index (χ2n) is 9.34. The van der Waals surface area contributed by atoms with Crippen molar-refractivity contribution in [3.05, 3.63) is 58.5 Å². The smallest absolute Gasteiger partial charge is 0.287 e. The second kappa shape index (κ2) is 9.30. The quantitative estimate of drug-likeness (QED) is 0.425. The summed E-state index contributed by atoms with van der Waals surface area (Å²) in [4.78, 5) is 35.1. The van der Waals surface area contributed by atoms with E-state index in [9.17, 15) is 9.59 Å². The molecule has 1 saturated heterocycles. The van der Waals surface area contributed by atoms with Crippen molar-refractivity contribution < 1.29 is 14.0 Å². The van der Waals surface area contributed by atoms with E-state index in [4.69, 9.17) is 9.40 Å². The summed E-state index contributed by atoms with van der Waals surface area (Å²) in [6.45, 7) is 9.12. The molecule has 5 heterocycles. The largest absolute Gasteiger partial charge is 0.456 e. The van der Waals surface area contributed by atoms with Crippen LogP contribution >= 0.6 is 11.3 Å². The van der Waals surface area contributed by atoms with E-state index in [2.05, 4.69) is 37.3 Å². The van der Waals surface area contributed by atoms with Gasteiger partial charge in [0.2, 0.25) is 0 Å². The first-order chi connectivity index (χ1) is 16.8. The van der Waals surface area contributed by atoms with Gasteiger partial charge in [-0.05, 0) is 70.9 Å². The number of likely N-dealkylation sites (tertiary alicyclic amines) is 1. The van der Waals surface area contributed by atoms with Gasteiger partial charge in [0.25, 0.3) is 11.8 Å². The number of amides is 2. The fourth-order valence-corrected chi connectivity index (χ4v) is 5.31. The fourth-order valence-electron chi connectivity index (χ4n) is 4.48. The fraction of sp³-hybridized carbons (Fsp3) is 0.385. The maximum atomic E-state index is 13.7.